The summed E-state index contributed by atoms with van der Waals surface area (Å²) in [6.45, 7) is 0. The van der Waals surface area contributed by atoms with E-state index in [1.54, 1.807) is 0 Å². The lowest BCUT2D eigenvalue weighted by molar-refractivity contribution is 1.21. The summed E-state index contributed by atoms with van der Waals surface area (Å²) >= 11 is 0. The summed E-state index contributed by atoms with van der Waals surface area (Å²) in [6.07, 6.45) is 0.945. The van der Waals surface area contributed by atoms with E-state index in [1.165, 1.54) is 0 Å². The summed E-state index contributed by atoms with van der Waals surface area (Å²) in [5, 5.41) is 14.2. The lowest BCUT2D eigenvalue weighted by Gasteiger charge is -2.02. The second-order valence-electron chi connectivity index (χ2n) is 3.22. The highest BCUT2D eigenvalue weighted by atomic mass is 14.7. The minimum Gasteiger partial charge on any atom is -0.387 e. The molecule has 0 unspecified atom stereocenters. The van der Waals surface area contributed by atoms with E-state index in [1.807, 2.05) is 24.3 Å². The number of rotatable bonds is 4. The quantitative estimate of drug-likeness (QED) is 0.414. The Hall–Kier alpha value is -1.84. The van der Waals surface area contributed by atoms with Crippen molar-refractivity contribution in [3.8, 4) is 0 Å². The van der Waals surface area contributed by atoms with E-state index in [4.69, 9.17) is 22.3 Å². The Kier molecular flexibility index (Phi) is 3.23. The van der Waals surface area contributed by atoms with Crippen molar-refractivity contribution in [2.24, 2.45) is 11.5 Å². The Morgan fingerprint density at radius 2 is 1.14 bits per heavy atom. The van der Waals surface area contributed by atoms with Crippen molar-refractivity contribution >= 4 is 11.7 Å². The number of benzene rings is 1. The fourth-order valence-electron chi connectivity index (χ4n) is 1.21. The molecule has 74 valence electrons. The van der Waals surface area contributed by atoms with Gasteiger partial charge in [0.15, 0.2) is 0 Å². The topological polar surface area (TPSA) is 99.7 Å². The van der Waals surface area contributed by atoms with Gasteiger partial charge in [0.25, 0.3) is 0 Å². The van der Waals surface area contributed by atoms with E-state index in [0.717, 1.165) is 11.1 Å². The number of hydrogen-bond donors (Lipinski definition) is 4. The molecule has 0 saturated heterocycles. The predicted octanol–water partition coefficient (Wildman–Crippen LogP) is 0.644. The van der Waals surface area contributed by atoms with Crippen molar-refractivity contribution in [3.05, 3.63) is 35.4 Å². The molecule has 0 bridgehead atoms. The van der Waals surface area contributed by atoms with Crippen LogP contribution in [0.2, 0.25) is 0 Å². The van der Waals surface area contributed by atoms with Gasteiger partial charge in [-0.15, -0.1) is 0 Å². The molecule has 0 spiro atoms. The second-order valence-corrected chi connectivity index (χ2v) is 3.22. The van der Waals surface area contributed by atoms with Crippen molar-refractivity contribution in [3.63, 3.8) is 0 Å². The average molecular weight is 190 g/mol. The summed E-state index contributed by atoms with van der Waals surface area (Å²) < 4.78 is 0. The van der Waals surface area contributed by atoms with Crippen LogP contribution in [0.5, 0.6) is 0 Å². The third-order valence-electron chi connectivity index (χ3n) is 1.81. The molecule has 0 aliphatic carbocycles. The third kappa shape index (κ3) is 3.26. The Balaban J connectivity index is 2.68. The third-order valence-corrected chi connectivity index (χ3v) is 1.81. The molecule has 4 heteroatoms. The standard InChI is InChI=1S/C10H14N4/c11-9(12)5-7-1-2-8(4-3-7)6-10(13)14/h1-4H,5-6H2,(H3,11,12)(H3,13,14). The first-order chi connectivity index (χ1) is 6.58. The van der Waals surface area contributed by atoms with E-state index in [-0.39, 0.29) is 11.7 Å². The molecule has 0 aliphatic heterocycles. The predicted molar refractivity (Wildman–Crippen MR) is 57.7 cm³/mol. The maximum Gasteiger partial charge on any atom is 0.0950 e. The molecule has 0 aromatic heterocycles. The van der Waals surface area contributed by atoms with Gasteiger partial charge in [-0.3, -0.25) is 10.8 Å². The molecular formula is C10H14N4. The average Bonchev–Trinajstić information content (AvgIpc) is 2.06. The first-order valence-electron chi connectivity index (χ1n) is 4.31. The van der Waals surface area contributed by atoms with Crippen LogP contribution in [0.1, 0.15) is 11.1 Å². The largest absolute Gasteiger partial charge is 0.387 e. The Bertz CT molecular complexity index is 305. The zero-order valence-corrected chi connectivity index (χ0v) is 7.88. The van der Waals surface area contributed by atoms with Crippen molar-refractivity contribution in [1.29, 1.82) is 10.8 Å². The number of nitrogens with one attached hydrogen (secondary N) is 2. The lowest BCUT2D eigenvalue weighted by Crippen LogP contribution is -2.14. The van der Waals surface area contributed by atoms with E-state index < -0.39 is 0 Å². The lowest BCUT2D eigenvalue weighted by atomic mass is 10.1. The molecule has 1 aromatic rings. The normalized spacial score (nSPS) is 9.71. The van der Waals surface area contributed by atoms with Crippen LogP contribution < -0.4 is 11.5 Å². The van der Waals surface area contributed by atoms with Gasteiger partial charge in [-0.05, 0) is 11.1 Å². The molecule has 0 fully saturated rings. The van der Waals surface area contributed by atoms with Gasteiger partial charge in [-0.25, -0.2) is 0 Å². The molecule has 4 nitrogen and oxygen atoms in total. The van der Waals surface area contributed by atoms with Gasteiger partial charge in [-0.1, -0.05) is 24.3 Å². The van der Waals surface area contributed by atoms with Crippen LogP contribution in [0.15, 0.2) is 24.3 Å². The smallest absolute Gasteiger partial charge is 0.0950 e. The Morgan fingerprint density at radius 3 is 1.36 bits per heavy atom. The molecule has 14 heavy (non-hydrogen) atoms. The Morgan fingerprint density at radius 1 is 0.857 bits per heavy atom. The van der Waals surface area contributed by atoms with Crippen LogP contribution in [0.4, 0.5) is 0 Å². The summed E-state index contributed by atoms with van der Waals surface area (Å²) in [6, 6.07) is 7.61. The van der Waals surface area contributed by atoms with Crippen LogP contribution in [-0.4, -0.2) is 11.7 Å². The SMILES string of the molecule is N=C(N)Cc1ccc(CC(=N)N)cc1. The van der Waals surface area contributed by atoms with Gasteiger partial charge in [0.05, 0.1) is 11.7 Å². The molecule has 1 rings (SSSR count). The monoisotopic (exact) mass is 190 g/mol. The zero-order chi connectivity index (χ0) is 10.6. The molecule has 0 radical (unpaired) electrons. The van der Waals surface area contributed by atoms with Crippen LogP contribution in [0, 0.1) is 10.8 Å². The van der Waals surface area contributed by atoms with Gasteiger partial charge in [0.2, 0.25) is 0 Å². The minimum absolute atomic E-state index is 0.157. The first-order valence-corrected chi connectivity index (χ1v) is 4.31. The van der Waals surface area contributed by atoms with E-state index in [0.29, 0.717) is 12.8 Å². The van der Waals surface area contributed by atoms with Gasteiger partial charge in [0.1, 0.15) is 0 Å². The molecule has 0 amide bonds. The first kappa shape index (κ1) is 10.2. The molecule has 0 saturated carbocycles. The van der Waals surface area contributed by atoms with Gasteiger partial charge >= 0.3 is 0 Å². The van der Waals surface area contributed by atoms with Crippen LogP contribution >= 0.6 is 0 Å². The summed E-state index contributed by atoms with van der Waals surface area (Å²) in [7, 11) is 0. The van der Waals surface area contributed by atoms with Crippen molar-refractivity contribution in [2.45, 2.75) is 12.8 Å². The highest BCUT2D eigenvalue weighted by Crippen LogP contribution is 2.05. The summed E-state index contributed by atoms with van der Waals surface area (Å²) in [4.78, 5) is 0. The van der Waals surface area contributed by atoms with E-state index in [2.05, 4.69) is 0 Å². The highest BCUT2D eigenvalue weighted by Gasteiger charge is 1.97. The van der Waals surface area contributed by atoms with E-state index >= 15 is 0 Å². The number of nitrogens with two attached hydrogens (primary N) is 2. The molecule has 1 aromatic carbocycles. The summed E-state index contributed by atoms with van der Waals surface area (Å²) in [5.41, 5.74) is 12.6. The number of amidine groups is 2. The van der Waals surface area contributed by atoms with Crippen LogP contribution in [0.25, 0.3) is 0 Å². The molecule has 0 atom stereocenters. The van der Waals surface area contributed by atoms with Crippen molar-refractivity contribution in [1.82, 2.24) is 0 Å². The number of hydrogen-bond acceptors (Lipinski definition) is 2. The maximum atomic E-state index is 7.12. The van der Waals surface area contributed by atoms with Crippen molar-refractivity contribution < 1.29 is 0 Å². The van der Waals surface area contributed by atoms with Gasteiger partial charge < -0.3 is 11.5 Å². The van der Waals surface area contributed by atoms with Gasteiger partial charge in [0, 0.05) is 12.8 Å². The minimum atomic E-state index is 0.157. The Labute approximate surface area is 82.9 Å². The molecule has 0 heterocycles. The van der Waals surface area contributed by atoms with Crippen molar-refractivity contribution in [2.75, 3.05) is 0 Å². The maximum absolute atomic E-state index is 7.12. The zero-order valence-electron chi connectivity index (χ0n) is 7.88. The fraction of sp³-hybridized carbons (Fsp3) is 0.200. The van der Waals surface area contributed by atoms with Crippen LogP contribution in [0.3, 0.4) is 0 Å². The van der Waals surface area contributed by atoms with Gasteiger partial charge in [-0.2, -0.15) is 0 Å². The second kappa shape index (κ2) is 4.41. The molecular weight excluding hydrogens is 176 g/mol. The van der Waals surface area contributed by atoms with Crippen LogP contribution in [-0.2, 0) is 12.8 Å². The molecule has 6 N–H and O–H groups in total. The summed E-state index contributed by atoms with van der Waals surface area (Å²) in [5.74, 6) is 0.314. The molecule has 0 aliphatic rings. The highest BCUT2D eigenvalue weighted by molar-refractivity contribution is 5.80. The van der Waals surface area contributed by atoms with E-state index in [9.17, 15) is 0 Å². The fourth-order valence-corrected chi connectivity index (χ4v) is 1.21.